The molecule has 4 heteroatoms. The van der Waals surface area contributed by atoms with Gasteiger partial charge in [-0.3, -0.25) is 0 Å². The Balaban J connectivity index is 1.51. The molecule has 0 fully saturated rings. The third kappa shape index (κ3) is 4.89. The lowest BCUT2D eigenvalue weighted by Crippen LogP contribution is -2.33. The second kappa shape index (κ2) is 10.0. The number of aromatic hydroxyl groups is 1. The molecule has 2 aromatic carbocycles. The van der Waals surface area contributed by atoms with Crippen molar-refractivity contribution >= 4 is 6.08 Å². The summed E-state index contributed by atoms with van der Waals surface area (Å²) in [6.45, 7) is 9.09. The van der Waals surface area contributed by atoms with Crippen LogP contribution < -0.4 is 5.32 Å². The van der Waals surface area contributed by atoms with Crippen LogP contribution in [0.15, 0.2) is 30.3 Å². The molecular weight excluding hydrogens is 410 g/mol. The molecule has 2 aliphatic rings. The fourth-order valence-electron chi connectivity index (χ4n) is 5.72. The van der Waals surface area contributed by atoms with E-state index in [9.17, 15) is 15.3 Å². The highest BCUT2D eigenvalue weighted by Gasteiger charge is 2.28. The average Bonchev–Trinajstić information content (AvgIpc) is 3.20. The summed E-state index contributed by atoms with van der Waals surface area (Å²) < 4.78 is 0. The first-order valence-corrected chi connectivity index (χ1v) is 12.6. The summed E-state index contributed by atoms with van der Waals surface area (Å²) in [5, 5.41) is 35.7. The molecule has 4 N–H and O–H groups in total. The number of aliphatic hydroxyl groups excluding tert-OH is 2. The number of hydrogen-bond donors (Lipinski definition) is 4. The van der Waals surface area contributed by atoms with Gasteiger partial charge in [-0.25, -0.2) is 0 Å². The van der Waals surface area contributed by atoms with Gasteiger partial charge in [0, 0.05) is 18.2 Å². The first kappa shape index (κ1) is 24.0. The van der Waals surface area contributed by atoms with Gasteiger partial charge in [-0.15, -0.1) is 0 Å². The Kier molecular flexibility index (Phi) is 7.28. The molecule has 4 rings (SSSR count). The van der Waals surface area contributed by atoms with Crippen LogP contribution in [0.4, 0.5) is 0 Å². The van der Waals surface area contributed by atoms with Gasteiger partial charge in [0.1, 0.15) is 5.75 Å². The number of aryl methyl sites for hydroxylation is 2. The summed E-state index contributed by atoms with van der Waals surface area (Å²) in [5.41, 5.74) is 8.30. The lowest BCUT2D eigenvalue weighted by Gasteiger charge is -2.29. The van der Waals surface area contributed by atoms with E-state index in [0.29, 0.717) is 19.0 Å². The van der Waals surface area contributed by atoms with Crippen LogP contribution in [0.1, 0.15) is 85.1 Å². The lowest BCUT2D eigenvalue weighted by atomic mass is 9.79. The van der Waals surface area contributed by atoms with Crippen molar-refractivity contribution in [1.29, 1.82) is 0 Å². The second-order valence-electron chi connectivity index (χ2n) is 10.1. The Morgan fingerprint density at radius 1 is 1.03 bits per heavy atom. The minimum atomic E-state index is -0.691. The molecule has 0 heterocycles. The minimum Gasteiger partial charge on any atom is -0.508 e. The highest BCUT2D eigenvalue weighted by Crippen LogP contribution is 2.41. The van der Waals surface area contributed by atoms with Crippen LogP contribution in [0.2, 0.25) is 0 Å². The normalized spacial score (nSPS) is 23.6. The fraction of sp³-hybridized carbons (Fsp3) is 0.517. The van der Waals surface area contributed by atoms with Gasteiger partial charge in [0.15, 0.2) is 0 Å². The largest absolute Gasteiger partial charge is 0.508 e. The molecule has 0 radical (unpaired) electrons. The zero-order chi connectivity index (χ0) is 23.7. The van der Waals surface area contributed by atoms with Gasteiger partial charge < -0.3 is 20.6 Å². The fourth-order valence-corrected chi connectivity index (χ4v) is 5.72. The molecule has 0 spiro atoms. The van der Waals surface area contributed by atoms with E-state index in [-0.39, 0.29) is 17.6 Å². The quantitative estimate of drug-likeness (QED) is 0.510. The van der Waals surface area contributed by atoms with Gasteiger partial charge >= 0.3 is 0 Å². The maximum absolute atomic E-state index is 11.1. The molecule has 2 aromatic rings. The summed E-state index contributed by atoms with van der Waals surface area (Å²) in [5.74, 6) is 0.571. The van der Waals surface area contributed by atoms with E-state index < -0.39 is 12.2 Å². The molecule has 0 amide bonds. The number of nitrogens with one attached hydrogen (secondary N) is 1. The Labute approximate surface area is 198 Å². The molecule has 0 aliphatic heterocycles. The maximum atomic E-state index is 11.1. The number of phenols is 1. The van der Waals surface area contributed by atoms with Crippen LogP contribution in [-0.4, -0.2) is 34.0 Å². The number of fused-ring (bicyclic) bond motifs is 2. The molecule has 2 aliphatic carbocycles. The number of phenolic OH excluding ortho intramolecular Hbond substituents is 1. The minimum absolute atomic E-state index is 0.0876. The van der Waals surface area contributed by atoms with Crippen LogP contribution >= 0.6 is 0 Å². The smallest absolute Gasteiger partial charge is 0.119 e. The van der Waals surface area contributed by atoms with Crippen LogP contribution in [0.5, 0.6) is 5.75 Å². The van der Waals surface area contributed by atoms with E-state index in [1.54, 1.807) is 12.1 Å². The van der Waals surface area contributed by atoms with E-state index in [1.165, 1.54) is 22.3 Å². The van der Waals surface area contributed by atoms with Crippen molar-refractivity contribution in [2.75, 3.05) is 6.54 Å². The first-order chi connectivity index (χ1) is 15.8. The number of rotatable bonds is 6. The summed E-state index contributed by atoms with van der Waals surface area (Å²) >= 11 is 0. The van der Waals surface area contributed by atoms with E-state index >= 15 is 0 Å². The predicted octanol–water partition coefficient (Wildman–Crippen LogP) is 4.82. The average molecular weight is 450 g/mol. The van der Waals surface area contributed by atoms with E-state index in [0.717, 1.165) is 42.4 Å². The first-order valence-electron chi connectivity index (χ1n) is 12.6. The highest BCUT2D eigenvalue weighted by atomic mass is 16.3. The number of benzene rings is 2. The van der Waals surface area contributed by atoms with Gasteiger partial charge in [-0.05, 0) is 83.4 Å². The van der Waals surface area contributed by atoms with Crippen molar-refractivity contribution in [2.45, 2.75) is 84.0 Å². The van der Waals surface area contributed by atoms with Crippen LogP contribution in [0.25, 0.3) is 6.08 Å². The highest BCUT2D eigenvalue weighted by molar-refractivity contribution is 5.64. The standard InChI is InChI=1S/C29H39NO3/c1-5-19-12-21-14-23(15-22(21)13-20(19)6-2)30-16-28(33)25-9-10-27(32)29-18(4)17(3)11-24(31)7-8-26(25)29/h7-10,12-13,17-18,23-24,28,30-33H,5-6,11,14-16H2,1-4H3. The van der Waals surface area contributed by atoms with Crippen LogP contribution in [-0.2, 0) is 25.7 Å². The summed E-state index contributed by atoms with van der Waals surface area (Å²) in [7, 11) is 0. The monoisotopic (exact) mass is 449 g/mol. The van der Waals surface area contributed by atoms with Crippen molar-refractivity contribution in [3.63, 3.8) is 0 Å². The molecule has 4 nitrogen and oxygen atoms in total. The summed E-state index contributed by atoms with van der Waals surface area (Å²) in [6, 6.07) is 8.61. The predicted molar refractivity (Wildman–Crippen MR) is 135 cm³/mol. The molecule has 4 unspecified atom stereocenters. The van der Waals surface area contributed by atoms with Crippen LogP contribution in [0, 0.1) is 5.92 Å². The molecule has 178 valence electrons. The Bertz CT molecular complexity index is 995. The van der Waals surface area contributed by atoms with E-state index in [2.05, 4.69) is 45.1 Å². The van der Waals surface area contributed by atoms with Crippen molar-refractivity contribution in [3.8, 4) is 5.75 Å². The lowest BCUT2D eigenvalue weighted by molar-refractivity contribution is 0.168. The molecular formula is C29H39NO3. The third-order valence-corrected chi connectivity index (χ3v) is 7.88. The van der Waals surface area contributed by atoms with Crippen molar-refractivity contribution in [1.82, 2.24) is 5.32 Å². The molecule has 0 bridgehead atoms. The van der Waals surface area contributed by atoms with Gasteiger partial charge in [0.25, 0.3) is 0 Å². The topological polar surface area (TPSA) is 72.7 Å². The van der Waals surface area contributed by atoms with Gasteiger partial charge in [-0.2, -0.15) is 0 Å². The van der Waals surface area contributed by atoms with Gasteiger partial charge in [0.2, 0.25) is 0 Å². The zero-order valence-corrected chi connectivity index (χ0v) is 20.4. The van der Waals surface area contributed by atoms with Crippen molar-refractivity contribution < 1.29 is 15.3 Å². The van der Waals surface area contributed by atoms with Gasteiger partial charge in [-0.1, -0.05) is 58.0 Å². The Hall–Kier alpha value is -2.14. The molecule has 0 saturated heterocycles. The molecule has 33 heavy (non-hydrogen) atoms. The molecule has 4 atom stereocenters. The maximum Gasteiger partial charge on any atom is 0.119 e. The summed E-state index contributed by atoms with van der Waals surface area (Å²) in [6.07, 6.45) is 7.24. The Morgan fingerprint density at radius 3 is 2.27 bits per heavy atom. The Morgan fingerprint density at radius 2 is 1.67 bits per heavy atom. The number of aliphatic hydroxyl groups is 2. The molecule has 0 saturated carbocycles. The van der Waals surface area contributed by atoms with Crippen molar-refractivity contribution in [2.24, 2.45) is 5.92 Å². The van der Waals surface area contributed by atoms with Crippen molar-refractivity contribution in [3.05, 3.63) is 69.3 Å². The SMILES string of the molecule is CCc1cc2c(cc1CC)CC(NCC(O)c1ccc(O)c3c1C=CC(O)CC(C)C3C)C2. The van der Waals surface area contributed by atoms with E-state index in [4.69, 9.17) is 0 Å². The zero-order valence-electron chi connectivity index (χ0n) is 20.4. The molecule has 0 aromatic heterocycles. The van der Waals surface area contributed by atoms with Gasteiger partial charge in [0.05, 0.1) is 12.2 Å². The summed E-state index contributed by atoms with van der Waals surface area (Å²) in [4.78, 5) is 0. The third-order valence-electron chi connectivity index (χ3n) is 7.88. The van der Waals surface area contributed by atoms with E-state index in [1.807, 2.05) is 12.1 Å². The second-order valence-corrected chi connectivity index (χ2v) is 10.1. The number of hydrogen-bond acceptors (Lipinski definition) is 4. The van der Waals surface area contributed by atoms with Crippen LogP contribution in [0.3, 0.4) is 0 Å².